The maximum Gasteiger partial charge on any atom is 0.269 e. The van der Waals surface area contributed by atoms with Crippen molar-refractivity contribution in [2.75, 3.05) is 4.72 Å². The number of rotatable bonds is 5. The molecule has 0 aliphatic carbocycles. The van der Waals surface area contributed by atoms with Crippen LogP contribution in [0.2, 0.25) is 0 Å². The molecule has 2 aromatic carbocycles. The molecule has 0 radical (unpaired) electrons. The number of phenols is 1. The minimum Gasteiger partial charge on any atom is -0.508 e. The van der Waals surface area contributed by atoms with Crippen LogP contribution in [0.25, 0.3) is 0 Å². The van der Waals surface area contributed by atoms with Crippen molar-refractivity contribution in [3.05, 3.63) is 64.2 Å². The fourth-order valence-corrected chi connectivity index (χ4v) is 2.91. The fourth-order valence-electron chi connectivity index (χ4n) is 1.72. The molecule has 0 aliphatic rings. The normalized spacial score (nSPS) is 11.0. The van der Waals surface area contributed by atoms with Crippen LogP contribution in [0.3, 0.4) is 0 Å². The van der Waals surface area contributed by atoms with E-state index in [9.17, 15) is 23.6 Å². The summed E-state index contributed by atoms with van der Waals surface area (Å²) in [6, 6.07) is 11.0. The molecule has 110 valence electrons. The Hall–Kier alpha value is -2.61. The first-order valence-corrected chi connectivity index (χ1v) is 7.54. The summed E-state index contributed by atoms with van der Waals surface area (Å²) in [5.74, 6) is -0.369. The van der Waals surface area contributed by atoms with E-state index in [2.05, 4.69) is 4.72 Å². The lowest BCUT2D eigenvalue weighted by Crippen LogP contribution is -2.14. The minimum atomic E-state index is -3.67. The molecule has 0 fully saturated rings. The highest BCUT2D eigenvalue weighted by Crippen LogP contribution is 2.19. The van der Waals surface area contributed by atoms with Crippen molar-refractivity contribution in [3.8, 4) is 5.75 Å². The molecule has 0 saturated carbocycles. The Bertz CT molecular complexity index is 756. The van der Waals surface area contributed by atoms with E-state index in [1.165, 1.54) is 48.5 Å². The highest BCUT2D eigenvalue weighted by atomic mass is 32.2. The summed E-state index contributed by atoms with van der Waals surface area (Å²) in [6.07, 6.45) is 0. The van der Waals surface area contributed by atoms with E-state index in [0.29, 0.717) is 5.56 Å². The summed E-state index contributed by atoms with van der Waals surface area (Å²) < 4.78 is 26.3. The Morgan fingerprint density at radius 2 is 1.81 bits per heavy atom. The number of nitrogens with zero attached hydrogens (tertiary/aromatic N) is 1. The molecule has 8 heteroatoms. The fraction of sp³-hybridized carbons (Fsp3) is 0.0769. The Labute approximate surface area is 121 Å². The molecule has 21 heavy (non-hydrogen) atoms. The van der Waals surface area contributed by atoms with Gasteiger partial charge in [0.2, 0.25) is 10.0 Å². The van der Waals surface area contributed by atoms with Crippen LogP contribution in [0.4, 0.5) is 11.4 Å². The third-order valence-electron chi connectivity index (χ3n) is 2.62. The quantitative estimate of drug-likeness (QED) is 0.650. The van der Waals surface area contributed by atoms with Crippen LogP contribution >= 0.6 is 0 Å². The lowest BCUT2D eigenvalue weighted by atomic mass is 10.2. The van der Waals surface area contributed by atoms with Gasteiger partial charge in [0.1, 0.15) is 5.75 Å². The summed E-state index contributed by atoms with van der Waals surface area (Å²) in [5, 5.41) is 19.8. The minimum absolute atomic E-state index is 0.0504. The van der Waals surface area contributed by atoms with E-state index in [1.54, 1.807) is 0 Å². The molecule has 0 saturated heterocycles. The number of non-ortho nitro benzene ring substituents is 1. The standard InChI is InChI=1S/C13H12N2O5S/c16-13-3-1-2-11(8-13)14-21(19,20)9-10-4-6-12(7-5-10)15(17)18/h1-8,14,16H,9H2. The van der Waals surface area contributed by atoms with Gasteiger partial charge in [-0.15, -0.1) is 0 Å². The zero-order valence-corrected chi connectivity index (χ0v) is 11.6. The number of nitro groups is 1. The smallest absolute Gasteiger partial charge is 0.269 e. The number of sulfonamides is 1. The number of aromatic hydroxyl groups is 1. The predicted molar refractivity (Wildman–Crippen MR) is 77.4 cm³/mol. The van der Waals surface area contributed by atoms with Gasteiger partial charge in [0.05, 0.1) is 16.4 Å². The molecule has 7 nitrogen and oxygen atoms in total. The summed E-state index contributed by atoms with van der Waals surface area (Å²) in [4.78, 5) is 9.97. The Kier molecular flexibility index (Phi) is 4.08. The topological polar surface area (TPSA) is 110 Å². The van der Waals surface area contributed by atoms with E-state index < -0.39 is 14.9 Å². The average molecular weight is 308 g/mol. The largest absolute Gasteiger partial charge is 0.508 e. The molecule has 0 amide bonds. The number of hydrogen-bond donors (Lipinski definition) is 2. The number of hydrogen-bond acceptors (Lipinski definition) is 5. The van der Waals surface area contributed by atoms with Crippen molar-refractivity contribution < 1.29 is 18.4 Å². The van der Waals surface area contributed by atoms with Crippen LogP contribution in [0.1, 0.15) is 5.56 Å². The van der Waals surface area contributed by atoms with Crippen molar-refractivity contribution in [1.29, 1.82) is 0 Å². The van der Waals surface area contributed by atoms with E-state index in [0.717, 1.165) is 0 Å². The summed E-state index contributed by atoms with van der Waals surface area (Å²) in [6.45, 7) is 0. The highest BCUT2D eigenvalue weighted by molar-refractivity contribution is 7.91. The second-order valence-electron chi connectivity index (χ2n) is 4.34. The van der Waals surface area contributed by atoms with Gasteiger partial charge in [0, 0.05) is 18.2 Å². The van der Waals surface area contributed by atoms with Gasteiger partial charge in [0.15, 0.2) is 0 Å². The van der Waals surface area contributed by atoms with Gasteiger partial charge in [0.25, 0.3) is 5.69 Å². The molecule has 0 unspecified atom stereocenters. The zero-order valence-electron chi connectivity index (χ0n) is 10.8. The molecule has 0 heterocycles. The number of benzene rings is 2. The average Bonchev–Trinajstić information content (AvgIpc) is 2.38. The van der Waals surface area contributed by atoms with Crippen LogP contribution in [0.15, 0.2) is 48.5 Å². The molecular formula is C13H12N2O5S. The molecule has 0 aliphatic heterocycles. The first kappa shape index (κ1) is 14.8. The van der Waals surface area contributed by atoms with E-state index in [4.69, 9.17) is 0 Å². The Balaban J connectivity index is 2.12. The SMILES string of the molecule is O=[N+]([O-])c1ccc(CS(=O)(=O)Nc2cccc(O)c2)cc1. The summed E-state index contributed by atoms with van der Waals surface area (Å²) in [5.41, 5.74) is 0.572. The van der Waals surface area contributed by atoms with Gasteiger partial charge in [-0.05, 0) is 17.7 Å². The van der Waals surface area contributed by atoms with Crippen LogP contribution in [0, 0.1) is 10.1 Å². The van der Waals surface area contributed by atoms with Gasteiger partial charge in [-0.1, -0.05) is 18.2 Å². The predicted octanol–water partition coefficient (Wildman–Crippen LogP) is 2.24. The number of phenolic OH excluding ortho intramolecular Hbond substituents is 1. The van der Waals surface area contributed by atoms with Gasteiger partial charge < -0.3 is 5.11 Å². The van der Waals surface area contributed by atoms with E-state index in [-0.39, 0.29) is 22.9 Å². The van der Waals surface area contributed by atoms with Crippen LogP contribution in [0.5, 0.6) is 5.75 Å². The number of anilines is 1. The molecule has 0 aromatic heterocycles. The van der Waals surface area contributed by atoms with E-state index in [1.807, 2.05) is 0 Å². The highest BCUT2D eigenvalue weighted by Gasteiger charge is 2.13. The first-order valence-electron chi connectivity index (χ1n) is 5.88. The van der Waals surface area contributed by atoms with Gasteiger partial charge in [-0.2, -0.15) is 0 Å². The van der Waals surface area contributed by atoms with Crippen molar-refractivity contribution in [1.82, 2.24) is 0 Å². The van der Waals surface area contributed by atoms with Crippen molar-refractivity contribution >= 4 is 21.4 Å². The van der Waals surface area contributed by atoms with Crippen LogP contribution in [-0.2, 0) is 15.8 Å². The molecule has 2 aromatic rings. The van der Waals surface area contributed by atoms with Gasteiger partial charge >= 0.3 is 0 Å². The zero-order chi connectivity index (χ0) is 15.5. The summed E-state index contributed by atoms with van der Waals surface area (Å²) in [7, 11) is -3.67. The van der Waals surface area contributed by atoms with Gasteiger partial charge in [-0.25, -0.2) is 8.42 Å². The lowest BCUT2D eigenvalue weighted by molar-refractivity contribution is -0.384. The first-order chi connectivity index (χ1) is 9.85. The van der Waals surface area contributed by atoms with Crippen molar-refractivity contribution in [2.24, 2.45) is 0 Å². The molecule has 2 rings (SSSR count). The summed E-state index contributed by atoms with van der Waals surface area (Å²) >= 11 is 0. The molecule has 2 N–H and O–H groups in total. The van der Waals surface area contributed by atoms with Crippen molar-refractivity contribution in [3.63, 3.8) is 0 Å². The number of nitrogens with one attached hydrogen (secondary N) is 1. The third-order valence-corrected chi connectivity index (χ3v) is 3.88. The second-order valence-corrected chi connectivity index (χ2v) is 6.06. The third kappa shape index (κ3) is 4.18. The molecule has 0 atom stereocenters. The maximum absolute atomic E-state index is 12.0. The molecule has 0 spiro atoms. The monoisotopic (exact) mass is 308 g/mol. The number of nitro benzene ring substituents is 1. The Morgan fingerprint density at radius 1 is 1.14 bits per heavy atom. The van der Waals surface area contributed by atoms with E-state index >= 15 is 0 Å². The van der Waals surface area contributed by atoms with Crippen molar-refractivity contribution in [2.45, 2.75) is 5.75 Å². The van der Waals surface area contributed by atoms with Gasteiger partial charge in [-0.3, -0.25) is 14.8 Å². The second kappa shape index (κ2) is 5.80. The Morgan fingerprint density at radius 3 is 2.38 bits per heavy atom. The maximum atomic E-state index is 12.0. The molecular weight excluding hydrogens is 296 g/mol. The van der Waals surface area contributed by atoms with Crippen LogP contribution in [-0.4, -0.2) is 18.4 Å². The van der Waals surface area contributed by atoms with Crippen LogP contribution < -0.4 is 4.72 Å². The lowest BCUT2D eigenvalue weighted by Gasteiger charge is -2.08. The molecule has 0 bridgehead atoms.